The zero-order valence-corrected chi connectivity index (χ0v) is 11.6. The Bertz CT molecular complexity index is 419. The fraction of sp³-hybridized carbons (Fsp3) is 0.615. The molecule has 1 aliphatic heterocycles. The number of rotatable bonds is 4. The van der Waals surface area contributed by atoms with Crippen molar-refractivity contribution in [2.75, 3.05) is 18.9 Å². The number of hydrogen-bond donors (Lipinski definition) is 2. The first-order valence-corrected chi connectivity index (χ1v) is 6.73. The number of nitrogens with zero attached hydrogens (tertiary/aromatic N) is 1. The van der Waals surface area contributed by atoms with E-state index in [4.69, 9.17) is 22.1 Å². The molecule has 0 amide bonds. The number of likely N-dealkylation sites (N-methyl/N-ethyl adjacent to an activating group) is 1. The van der Waals surface area contributed by atoms with Gasteiger partial charge in [-0.15, -0.1) is 0 Å². The third kappa shape index (κ3) is 2.60. The molecule has 4 nitrogen and oxygen atoms in total. The average molecular weight is 270 g/mol. The van der Waals surface area contributed by atoms with E-state index in [1.165, 1.54) is 0 Å². The molecular formula is C13H20ClN3O. The van der Waals surface area contributed by atoms with E-state index in [0.717, 1.165) is 31.6 Å². The topological polar surface area (TPSA) is 60.2 Å². The molecule has 0 aliphatic carbocycles. The van der Waals surface area contributed by atoms with Crippen LogP contribution < -0.4 is 11.1 Å². The van der Waals surface area contributed by atoms with Gasteiger partial charge in [-0.2, -0.15) is 0 Å². The Hall–Kier alpha value is -0.840. The predicted molar refractivity (Wildman–Crippen MR) is 73.7 cm³/mol. The van der Waals surface area contributed by atoms with Crippen molar-refractivity contribution >= 4 is 17.4 Å². The summed E-state index contributed by atoms with van der Waals surface area (Å²) in [6.45, 7) is 5.83. The van der Waals surface area contributed by atoms with Gasteiger partial charge in [-0.1, -0.05) is 18.5 Å². The lowest BCUT2D eigenvalue weighted by molar-refractivity contribution is -0.0119. The lowest BCUT2D eigenvalue weighted by Gasteiger charge is -2.34. The van der Waals surface area contributed by atoms with Crippen molar-refractivity contribution in [2.45, 2.75) is 38.3 Å². The Morgan fingerprint density at radius 3 is 3.06 bits per heavy atom. The van der Waals surface area contributed by atoms with E-state index >= 15 is 0 Å². The molecule has 2 heterocycles. The second-order valence-electron chi connectivity index (χ2n) is 4.88. The highest BCUT2D eigenvalue weighted by molar-refractivity contribution is 6.30. The molecule has 1 aromatic rings. The fourth-order valence-electron chi connectivity index (χ4n) is 2.58. The summed E-state index contributed by atoms with van der Waals surface area (Å²) >= 11 is 6.03. The monoisotopic (exact) mass is 269 g/mol. The van der Waals surface area contributed by atoms with Crippen LogP contribution in [0.5, 0.6) is 0 Å². The minimum Gasteiger partial charge on any atom is -0.383 e. The third-order valence-corrected chi connectivity index (χ3v) is 3.70. The first-order chi connectivity index (χ1) is 8.57. The Morgan fingerprint density at radius 1 is 1.67 bits per heavy atom. The van der Waals surface area contributed by atoms with Gasteiger partial charge in [0, 0.05) is 18.4 Å². The lowest BCUT2D eigenvalue weighted by Crippen LogP contribution is -2.41. The molecule has 1 saturated heterocycles. The largest absolute Gasteiger partial charge is 0.383 e. The van der Waals surface area contributed by atoms with E-state index in [1.807, 2.05) is 6.07 Å². The molecule has 2 unspecified atom stereocenters. The number of pyridine rings is 1. The van der Waals surface area contributed by atoms with Crippen molar-refractivity contribution in [3.63, 3.8) is 0 Å². The summed E-state index contributed by atoms with van der Waals surface area (Å²) in [6.07, 6.45) is 3.66. The molecule has 100 valence electrons. The van der Waals surface area contributed by atoms with Gasteiger partial charge in [0.2, 0.25) is 0 Å². The fourth-order valence-corrected chi connectivity index (χ4v) is 2.75. The van der Waals surface area contributed by atoms with Gasteiger partial charge in [-0.05, 0) is 32.4 Å². The van der Waals surface area contributed by atoms with Crippen molar-refractivity contribution < 1.29 is 4.74 Å². The summed E-state index contributed by atoms with van der Waals surface area (Å²) in [4.78, 5) is 4.13. The number of nitrogen functional groups attached to an aromatic ring is 1. The minimum absolute atomic E-state index is 0.0243. The number of anilines is 1. The SMILES string of the molecule is CCNC(c1cc(Cl)cnc1N)C1(C)CCCO1. The maximum Gasteiger partial charge on any atom is 0.128 e. The maximum atomic E-state index is 6.03. The predicted octanol–water partition coefficient (Wildman–Crippen LogP) is 2.54. The van der Waals surface area contributed by atoms with Crippen LogP contribution in [-0.4, -0.2) is 23.7 Å². The Morgan fingerprint density at radius 2 is 2.44 bits per heavy atom. The van der Waals surface area contributed by atoms with Crippen molar-refractivity contribution in [3.8, 4) is 0 Å². The first kappa shape index (κ1) is 13.6. The van der Waals surface area contributed by atoms with Crippen LogP contribution in [0, 0.1) is 0 Å². The van der Waals surface area contributed by atoms with Gasteiger partial charge in [-0.25, -0.2) is 4.98 Å². The van der Waals surface area contributed by atoms with E-state index in [0.29, 0.717) is 10.8 Å². The number of aromatic nitrogens is 1. The highest BCUT2D eigenvalue weighted by Crippen LogP contribution is 2.39. The average Bonchev–Trinajstić information content (AvgIpc) is 2.77. The molecule has 5 heteroatoms. The van der Waals surface area contributed by atoms with Crippen molar-refractivity contribution in [1.29, 1.82) is 0 Å². The van der Waals surface area contributed by atoms with Gasteiger partial charge < -0.3 is 15.8 Å². The Balaban J connectivity index is 2.37. The van der Waals surface area contributed by atoms with E-state index in [9.17, 15) is 0 Å². The Kier molecular flexibility index (Phi) is 4.10. The molecule has 2 rings (SSSR count). The second kappa shape index (κ2) is 5.43. The van der Waals surface area contributed by atoms with Crippen LogP contribution in [-0.2, 0) is 4.74 Å². The molecule has 18 heavy (non-hydrogen) atoms. The second-order valence-corrected chi connectivity index (χ2v) is 5.32. The first-order valence-electron chi connectivity index (χ1n) is 6.35. The quantitative estimate of drug-likeness (QED) is 0.882. The van der Waals surface area contributed by atoms with Crippen LogP contribution in [0.25, 0.3) is 0 Å². The molecule has 0 saturated carbocycles. The molecule has 1 aromatic heterocycles. The third-order valence-electron chi connectivity index (χ3n) is 3.50. The number of ether oxygens (including phenoxy) is 1. The molecule has 2 atom stereocenters. The molecule has 0 radical (unpaired) electrons. The van der Waals surface area contributed by atoms with Crippen LogP contribution in [0.4, 0.5) is 5.82 Å². The minimum atomic E-state index is -0.240. The molecule has 0 spiro atoms. The smallest absolute Gasteiger partial charge is 0.128 e. The van der Waals surface area contributed by atoms with Gasteiger partial charge in [-0.3, -0.25) is 0 Å². The summed E-state index contributed by atoms with van der Waals surface area (Å²) < 4.78 is 5.92. The highest BCUT2D eigenvalue weighted by Gasteiger charge is 2.40. The highest BCUT2D eigenvalue weighted by atomic mass is 35.5. The molecule has 0 bridgehead atoms. The van der Waals surface area contributed by atoms with Crippen LogP contribution in [0.1, 0.15) is 38.3 Å². The van der Waals surface area contributed by atoms with E-state index < -0.39 is 0 Å². The lowest BCUT2D eigenvalue weighted by atomic mass is 9.88. The van der Waals surface area contributed by atoms with Crippen LogP contribution in [0.3, 0.4) is 0 Å². The Labute approximate surface area is 113 Å². The van der Waals surface area contributed by atoms with E-state index in [2.05, 4.69) is 24.1 Å². The standard InChI is InChI=1S/C13H20ClN3O/c1-3-16-11(13(2)5-4-6-18-13)10-7-9(14)8-17-12(10)15/h7-8,11,16H,3-6H2,1-2H3,(H2,15,17). The molecular weight excluding hydrogens is 250 g/mol. The van der Waals surface area contributed by atoms with Crippen LogP contribution in [0.2, 0.25) is 5.02 Å². The molecule has 1 fully saturated rings. The summed E-state index contributed by atoms with van der Waals surface area (Å²) in [5.74, 6) is 0.516. The van der Waals surface area contributed by atoms with Crippen LogP contribution >= 0.6 is 11.6 Å². The van der Waals surface area contributed by atoms with Gasteiger partial charge >= 0.3 is 0 Å². The maximum absolute atomic E-state index is 6.03. The number of halogens is 1. The normalized spacial score (nSPS) is 25.3. The number of nitrogens with two attached hydrogens (primary N) is 1. The van der Waals surface area contributed by atoms with E-state index in [1.54, 1.807) is 6.20 Å². The van der Waals surface area contributed by atoms with Gasteiger partial charge in [0.15, 0.2) is 0 Å². The van der Waals surface area contributed by atoms with Crippen molar-refractivity contribution in [1.82, 2.24) is 10.3 Å². The summed E-state index contributed by atoms with van der Waals surface area (Å²) in [5.41, 5.74) is 6.67. The summed E-state index contributed by atoms with van der Waals surface area (Å²) in [6, 6.07) is 1.90. The van der Waals surface area contributed by atoms with Crippen LogP contribution in [0.15, 0.2) is 12.3 Å². The zero-order valence-electron chi connectivity index (χ0n) is 10.9. The molecule has 1 aliphatic rings. The number of hydrogen-bond acceptors (Lipinski definition) is 4. The van der Waals surface area contributed by atoms with Gasteiger partial charge in [0.25, 0.3) is 0 Å². The van der Waals surface area contributed by atoms with E-state index in [-0.39, 0.29) is 11.6 Å². The zero-order chi connectivity index (χ0) is 13.2. The van der Waals surface area contributed by atoms with Crippen molar-refractivity contribution in [2.24, 2.45) is 0 Å². The summed E-state index contributed by atoms with van der Waals surface area (Å²) in [7, 11) is 0. The number of nitrogens with one attached hydrogen (secondary N) is 1. The van der Waals surface area contributed by atoms with Gasteiger partial charge in [0.1, 0.15) is 5.82 Å². The summed E-state index contributed by atoms with van der Waals surface area (Å²) in [5, 5.41) is 4.05. The molecule has 3 N–H and O–H groups in total. The van der Waals surface area contributed by atoms with Crippen molar-refractivity contribution in [3.05, 3.63) is 22.8 Å². The van der Waals surface area contributed by atoms with Gasteiger partial charge in [0.05, 0.1) is 16.7 Å². The molecule has 0 aromatic carbocycles.